The number of benzene rings is 2. The molecule has 3 aromatic rings. The molecule has 0 aliphatic heterocycles. The molecule has 2 aromatic carbocycles. The molecule has 7 heteroatoms. The molecule has 0 aliphatic carbocycles. The Morgan fingerprint density at radius 3 is 2.57 bits per heavy atom. The number of aromatic nitrogens is 1. The van der Waals surface area contributed by atoms with Crippen LogP contribution in [0.1, 0.15) is 35.2 Å². The Morgan fingerprint density at radius 1 is 1.20 bits per heavy atom. The lowest BCUT2D eigenvalue weighted by Crippen LogP contribution is -2.22. The first-order valence-corrected chi connectivity index (χ1v) is 9.56. The van der Waals surface area contributed by atoms with Gasteiger partial charge in [0, 0.05) is 34.8 Å². The summed E-state index contributed by atoms with van der Waals surface area (Å²) in [5, 5.41) is 20.5. The highest BCUT2D eigenvalue weighted by Gasteiger charge is 2.24. The minimum atomic E-state index is -1.02. The SMILES string of the molecule is CCc1ccc(OCc2cccnc2)c(C(Nc2ccc(C(=N)N)cc2)C(=O)O)c1. The number of nitrogens with two attached hydrogens (primary N) is 1. The molecule has 30 heavy (non-hydrogen) atoms. The van der Waals surface area contributed by atoms with Crippen LogP contribution in [0.3, 0.4) is 0 Å². The van der Waals surface area contributed by atoms with E-state index in [1.165, 1.54) is 0 Å². The molecule has 0 bridgehead atoms. The van der Waals surface area contributed by atoms with E-state index < -0.39 is 12.0 Å². The fraction of sp³-hybridized carbons (Fsp3) is 0.174. The Morgan fingerprint density at radius 2 is 1.97 bits per heavy atom. The maximum absolute atomic E-state index is 12.1. The standard InChI is InChI=1S/C23H24N4O3/c1-2-15-5-10-20(30-14-16-4-3-11-26-13-16)19(12-15)21(23(28)29)27-18-8-6-17(7-9-18)22(24)25/h3-13,21,27H,2,14H2,1H3,(H3,24,25)(H,28,29). The van der Waals surface area contributed by atoms with E-state index in [0.717, 1.165) is 17.5 Å². The zero-order chi connectivity index (χ0) is 21.5. The van der Waals surface area contributed by atoms with Crippen molar-refractivity contribution in [3.63, 3.8) is 0 Å². The van der Waals surface area contributed by atoms with Gasteiger partial charge >= 0.3 is 5.97 Å². The Hall–Kier alpha value is -3.87. The highest BCUT2D eigenvalue weighted by molar-refractivity contribution is 5.95. The van der Waals surface area contributed by atoms with Crippen LogP contribution in [0.25, 0.3) is 0 Å². The van der Waals surface area contributed by atoms with Crippen LogP contribution in [0.15, 0.2) is 67.0 Å². The van der Waals surface area contributed by atoms with E-state index in [-0.39, 0.29) is 12.4 Å². The molecule has 1 unspecified atom stereocenters. The molecule has 3 rings (SSSR count). The number of amidine groups is 1. The number of nitrogen functional groups attached to an aromatic ring is 1. The summed E-state index contributed by atoms with van der Waals surface area (Å²) >= 11 is 0. The van der Waals surface area contributed by atoms with E-state index in [2.05, 4.69) is 10.3 Å². The molecule has 0 saturated heterocycles. The van der Waals surface area contributed by atoms with Gasteiger partial charge in [0.05, 0.1) is 0 Å². The summed E-state index contributed by atoms with van der Waals surface area (Å²) in [5.41, 5.74) is 9.11. The first-order chi connectivity index (χ1) is 14.5. The van der Waals surface area contributed by atoms with Crippen molar-refractivity contribution in [2.45, 2.75) is 26.0 Å². The van der Waals surface area contributed by atoms with Gasteiger partial charge in [-0.2, -0.15) is 0 Å². The van der Waals surface area contributed by atoms with Crippen LogP contribution in [0.5, 0.6) is 5.75 Å². The number of carboxylic acid groups (broad SMARTS) is 1. The second-order valence-electron chi connectivity index (χ2n) is 6.78. The third-order valence-corrected chi connectivity index (χ3v) is 4.66. The highest BCUT2D eigenvalue weighted by atomic mass is 16.5. The van der Waals surface area contributed by atoms with Crippen molar-refractivity contribution in [1.82, 2.24) is 4.98 Å². The van der Waals surface area contributed by atoms with Gasteiger partial charge in [0.2, 0.25) is 0 Å². The zero-order valence-corrected chi connectivity index (χ0v) is 16.6. The molecule has 1 atom stereocenters. The number of carbonyl (C=O) groups is 1. The predicted molar refractivity (Wildman–Crippen MR) is 116 cm³/mol. The minimum absolute atomic E-state index is 0.0435. The van der Waals surface area contributed by atoms with E-state index in [1.807, 2.05) is 31.2 Å². The van der Waals surface area contributed by atoms with Crippen LogP contribution in [-0.4, -0.2) is 21.9 Å². The second kappa shape index (κ2) is 9.56. The molecule has 0 amide bonds. The van der Waals surface area contributed by atoms with Crippen LogP contribution < -0.4 is 15.8 Å². The first kappa shape index (κ1) is 20.9. The predicted octanol–water partition coefficient (Wildman–Crippen LogP) is 3.74. The Balaban J connectivity index is 1.89. The van der Waals surface area contributed by atoms with Crippen molar-refractivity contribution < 1.29 is 14.6 Å². The first-order valence-electron chi connectivity index (χ1n) is 9.56. The van der Waals surface area contributed by atoms with E-state index in [0.29, 0.717) is 22.6 Å². The fourth-order valence-corrected chi connectivity index (χ4v) is 3.00. The maximum Gasteiger partial charge on any atom is 0.330 e. The van der Waals surface area contributed by atoms with Gasteiger partial charge in [0.15, 0.2) is 6.04 Å². The Bertz CT molecular complexity index is 1020. The van der Waals surface area contributed by atoms with Crippen molar-refractivity contribution in [2.75, 3.05) is 5.32 Å². The molecule has 154 valence electrons. The second-order valence-corrected chi connectivity index (χ2v) is 6.78. The molecular weight excluding hydrogens is 380 g/mol. The number of carboxylic acids is 1. The number of rotatable bonds is 9. The van der Waals surface area contributed by atoms with Gasteiger partial charge in [0.25, 0.3) is 0 Å². The fourth-order valence-electron chi connectivity index (χ4n) is 3.00. The Labute approximate surface area is 175 Å². The van der Waals surface area contributed by atoms with E-state index in [1.54, 1.807) is 42.7 Å². The summed E-state index contributed by atoms with van der Waals surface area (Å²) in [7, 11) is 0. The van der Waals surface area contributed by atoms with Crippen molar-refractivity contribution in [1.29, 1.82) is 5.41 Å². The van der Waals surface area contributed by atoms with Crippen molar-refractivity contribution in [3.8, 4) is 5.75 Å². The number of nitrogens with zero attached hydrogens (tertiary/aromatic N) is 1. The van der Waals surface area contributed by atoms with E-state index >= 15 is 0 Å². The van der Waals surface area contributed by atoms with Crippen LogP contribution in [0, 0.1) is 5.41 Å². The number of ether oxygens (including phenoxy) is 1. The topological polar surface area (TPSA) is 121 Å². The molecule has 0 fully saturated rings. The van der Waals surface area contributed by atoms with Gasteiger partial charge in [-0.3, -0.25) is 10.4 Å². The lowest BCUT2D eigenvalue weighted by atomic mass is 10.0. The van der Waals surface area contributed by atoms with Gasteiger partial charge in [0.1, 0.15) is 18.2 Å². The quantitative estimate of drug-likeness (QED) is 0.318. The van der Waals surface area contributed by atoms with Crippen molar-refractivity contribution in [2.24, 2.45) is 5.73 Å². The number of aryl methyl sites for hydroxylation is 1. The number of hydrogen-bond donors (Lipinski definition) is 4. The molecule has 7 nitrogen and oxygen atoms in total. The number of hydrogen-bond acceptors (Lipinski definition) is 5. The lowest BCUT2D eigenvalue weighted by Gasteiger charge is -2.21. The zero-order valence-electron chi connectivity index (χ0n) is 16.6. The monoisotopic (exact) mass is 404 g/mol. The van der Waals surface area contributed by atoms with Gasteiger partial charge in [-0.1, -0.05) is 19.1 Å². The minimum Gasteiger partial charge on any atom is -0.488 e. The third-order valence-electron chi connectivity index (χ3n) is 4.66. The average Bonchev–Trinajstić information content (AvgIpc) is 2.77. The van der Waals surface area contributed by atoms with Crippen LogP contribution >= 0.6 is 0 Å². The highest BCUT2D eigenvalue weighted by Crippen LogP contribution is 2.30. The van der Waals surface area contributed by atoms with Gasteiger partial charge in [-0.15, -0.1) is 0 Å². The smallest absolute Gasteiger partial charge is 0.330 e. The molecule has 0 spiro atoms. The molecule has 5 N–H and O–H groups in total. The number of nitrogens with one attached hydrogen (secondary N) is 2. The van der Waals surface area contributed by atoms with Gasteiger partial charge in [-0.25, -0.2) is 4.79 Å². The number of pyridine rings is 1. The van der Waals surface area contributed by atoms with Gasteiger partial charge in [-0.05, 0) is 54.4 Å². The third kappa shape index (κ3) is 5.14. The molecular formula is C23H24N4O3. The van der Waals surface area contributed by atoms with Crippen LogP contribution in [-0.2, 0) is 17.8 Å². The lowest BCUT2D eigenvalue weighted by molar-refractivity contribution is -0.138. The maximum atomic E-state index is 12.1. The van der Waals surface area contributed by atoms with Crippen molar-refractivity contribution in [3.05, 3.63) is 89.2 Å². The van der Waals surface area contributed by atoms with Crippen molar-refractivity contribution >= 4 is 17.5 Å². The molecule has 0 saturated carbocycles. The van der Waals surface area contributed by atoms with Crippen LogP contribution in [0.2, 0.25) is 0 Å². The summed E-state index contributed by atoms with van der Waals surface area (Å²) in [6.45, 7) is 2.30. The summed E-state index contributed by atoms with van der Waals surface area (Å²) in [6.07, 6.45) is 4.17. The molecule has 0 aliphatic rings. The average molecular weight is 404 g/mol. The molecule has 0 radical (unpaired) electrons. The summed E-state index contributed by atoms with van der Waals surface area (Å²) in [6, 6.07) is 15.1. The Kier molecular flexibility index (Phi) is 6.64. The van der Waals surface area contributed by atoms with Gasteiger partial charge < -0.3 is 20.9 Å². The molecule has 1 aromatic heterocycles. The van der Waals surface area contributed by atoms with E-state index in [4.69, 9.17) is 15.9 Å². The normalized spacial score (nSPS) is 11.5. The molecule has 1 heterocycles. The number of aliphatic carboxylic acids is 1. The summed E-state index contributed by atoms with van der Waals surface area (Å²) in [4.78, 5) is 16.2. The van der Waals surface area contributed by atoms with Crippen LogP contribution in [0.4, 0.5) is 5.69 Å². The number of anilines is 1. The summed E-state index contributed by atoms with van der Waals surface area (Å²) in [5.74, 6) is -0.570. The largest absolute Gasteiger partial charge is 0.488 e. The van der Waals surface area contributed by atoms with E-state index in [9.17, 15) is 9.90 Å². The summed E-state index contributed by atoms with van der Waals surface area (Å²) < 4.78 is 5.95.